The van der Waals surface area contributed by atoms with Crippen molar-refractivity contribution in [1.29, 1.82) is 0 Å². The number of nitrogens with one attached hydrogen (secondary N) is 1. The molecule has 0 saturated carbocycles. The molecule has 0 aliphatic rings. The molecule has 0 spiro atoms. The van der Waals surface area contributed by atoms with Gasteiger partial charge in [-0.2, -0.15) is 12.6 Å². The van der Waals surface area contributed by atoms with Crippen LogP contribution in [0, 0.1) is 5.92 Å². The maximum atomic E-state index is 11.4. The minimum Gasteiger partial charge on any atom is -0.379 e. The van der Waals surface area contributed by atoms with E-state index in [2.05, 4.69) is 31.8 Å². The molecule has 1 unspecified atom stereocenters. The third-order valence-electron chi connectivity index (χ3n) is 2.57. The Labute approximate surface area is 123 Å². The third-order valence-corrected chi connectivity index (χ3v) is 2.83. The van der Waals surface area contributed by atoms with Gasteiger partial charge in [0, 0.05) is 24.8 Å². The molecule has 114 valence electrons. The van der Waals surface area contributed by atoms with Gasteiger partial charge in [0.1, 0.15) is 0 Å². The van der Waals surface area contributed by atoms with Crippen LogP contribution in [0.5, 0.6) is 0 Å². The van der Waals surface area contributed by atoms with Crippen LogP contribution in [0.15, 0.2) is 0 Å². The Morgan fingerprint density at radius 3 is 2.26 bits per heavy atom. The highest BCUT2D eigenvalue weighted by molar-refractivity contribution is 7.80. The number of carbonyl (C=O) groups is 1. The van der Waals surface area contributed by atoms with Crippen LogP contribution >= 0.6 is 12.6 Å². The zero-order valence-corrected chi connectivity index (χ0v) is 13.4. The first-order valence-electron chi connectivity index (χ1n) is 7.12. The summed E-state index contributed by atoms with van der Waals surface area (Å²) in [6, 6.07) is 0. The van der Waals surface area contributed by atoms with Gasteiger partial charge in [0.05, 0.1) is 19.8 Å². The van der Waals surface area contributed by atoms with E-state index in [1.165, 1.54) is 0 Å². The second-order valence-electron chi connectivity index (χ2n) is 5.14. The van der Waals surface area contributed by atoms with E-state index in [1.54, 1.807) is 0 Å². The van der Waals surface area contributed by atoms with Crippen LogP contribution in [0.4, 0.5) is 0 Å². The molecule has 4 nitrogen and oxygen atoms in total. The predicted molar refractivity (Wildman–Crippen MR) is 81.8 cm³/mol. The summed E-state index contributed by atoms with van der Waals surface area (Å²) in [6.07, 6.45) is 2.49. The Kier molecular flexibility index (Phi) is 12.6. The summed E-state index contributed by atoms with van der Waals surface area (Å²) >= 11 is 4.27. The van der Waals surface area contributed by atoms with Crippen molar-refractivity contribution in [2.24, 2.45) is 5.92 Å². The first kappa shape index (κ1) is 18.7. The maximum absolute atomic E-state index is 11.4. The summed E-state index contributed by atoms with van der Waals surface area (Å²) in [6.45, 7) is 9.29. The Balaban J connectivity index is 3.16. The molecule has 0 aromatic rings. The monoisotopic (exact) mass is 291 g/mol. The Hall–Kier alpha value is -0.260. The fraction of sp³-hybridized carbons (Fsp3) is 0.929. The largest absolute Gasteiger partial charge is 0.379 e. The fourth-order valence-electron chi connectivity index (χ4n) is 1.35. The summed E-state index contributed by atoms with van der Waals surface area (Å²) < 4.78 is 10.7. The van der Waals surface area contributed by atoms with E-state index in [-0.39, 0.29) is 5.91 Å². The van der Waals surface area contributed by atoms with E-state index in [1.807, 2.05) is 6.92 Å². The topological polar surface area (TPSA) is 47.6 Å². The van der Waals surface area contributed by atoms with Gasteiger partial charge in [-0.15, -0.1) is 0 Å². The van der Waals surface area contributed by atoms with Gasteiger partial charge in [-0.25, -0.2) is 0 Å². The van der Waals surface area contributed by atoms with Crippen LogP contribution in [0.2, 0.25) is 0 Å². The highest BCUT2D eigenvalue weighted by Gasteiger charge is 2.02. The molecule has 1 amide bonds. The van der Waals surface area contributed by atoms with E-state index >= 15 is 0 Å². The lowest BCUT2D eigenvalue weighted by Crippen LogP contribution is -2.27. The van der Waals surface area contributed by atoms with Crippen LogP contribution in [-0.2, 0) is 14.3 Å². The Morgan fingerprint density at radius 2 is 1.68 bits per heavy atom. The summed E-state index contributed by atoms with van der Waals surface area (Å²) in [5.41, 5.74) is 0. The normalized spacial score (nSPS) is 12.7. The first-order chi connectivity index (χ1) is 9.02. The molecular formula is C14H29NO3S. The molecule has 1 N–H and O–H groups in total. The van der Waals surface area contributed by atoms with Gasteiger partial charge in [0.15, 0.2) is 0 Å². The lowest BCUT2D eigenvalue weighted by molar-refractivity contribution is -0.121. The minimum atomic E-state index is 0.108. The highest BCUT2D eigenvalue weighted by Crippen LogP contribution is 2.02. The summed E-state index contributed by atoms with van der Waals surface area (Å²) in [5.74, 6) is 0.676. The molecule has 0 radical (unpaired) electrons. The summed E-state index contributed by atoms with van der Waals surface area (Å²) in [7, 11) is 0. The molecule has 0 fully saturated rings. The number of rotatable bonds is 12. The molecule has 0 bridgehead atoms. The molecule has 0 aromatic carbocycles. The zero-order chi connectivity index (χ0) is 14.5. The Morgan fingerprint density at radius 1 is 1.05 bits per heavy atom. The summed E-state index contributed by atoms with van der Waals surface area (Å²) in [4.78, 5) is 11.4. The molecule has 5 heteroatoms. The van der Waals surface area contributed by atoms with E-state index in [9.17, 15) is 4.79 Å². The van der Waals surface area contributed by atoms with Crippen LogP contribution in [0.3, 0.4) is 0 Å². The quantitative estimate of drug-likeness (QED) is 0.428. The maximum Gasteiger partial charge on any atom is 0.220 e. The van der Waals surface area contributed by atoms with E-state index in [0.717, 1.165) is 19.4 Å². The van der Waals surface area contributed by atoms with Crippen LogP contribution in [0.1, 0.15) is 40.0 Å². The van der Waals surface area contributed by atoms with Gasteiger partial charge < -0.3 is 14.8 Å². The van der Waals surface area contributed by atoms with Gasteiger partial charge in [-0.3, -0.25) is 4.79 Å². The molecule has 0 rings (SSSR count). The highest BCUT2D eigenvalue weighted by atomic mass is 32.1. The standard InChI is InChI=1S/C14H29NO3S/c1-12(2)4-5-14(16)15-7-9-18-11-10-17-8-6-13(3)19/h12-13,19H,4-11H2,1-3H3,(H,15,16). The molecule has 0 aliphatic carbocycles. The SMILES string of the molecule is CC(C)CCC(=O)NCCOCCOCCC(C)S. The minimum absolute atomic E-state index is 0.108. The molecule has 0 saturated heterocycles. The molecule has 0 aliphatic heterocycles. The second-order valence-corrected chi connectivity index (χ2v) is 6.03. The van der Waals surface area contributed by atoms with Crippen LogP contribution < -0.4 is 5.32 Å². The smallest absolute Gasteiger partial charge is 0.220 e. The average molecular weight is 291 g/mol. The van der Waals surface area contributed by atoms with Gasteiger partial charge >= 0.3 is 0 Å². The molecule has 19 heavy (non-hydrogen) atoms. The van der Waals surface area contributed by atoms with Crippen molar-refractivity contribution in [1.82, 2.24) is 5.32 Å². The summed E-state index contributed by atoms with van der Waals surface area (Å²) in [5, 5.41) is 3.22. The van der Waals surface area contributed by atoms with Crippen molar-refractivity contribution in [3.05, 3.63) is 0 Å². The first-order valence-corrected chi connectivity index (χ1v) is 7.64. The van der Waals surface area contributed by atoms with Gasteiger partial charge in [-0.05, 0) is 18.8 Å². The lowest BCUT2D eigenvalue weighted by Gasteiger charge is -2.08. The van der Waals surface area contributed by atoms with Gasteiger partial charge in [0.2, 0.25) is 5.91 Å². The number of hydrogen-bond donors (Lipinski definition) is 2. The Bertz CT molecular complexity index is 223. The van der Waals surface area contributed by atoms with Gasteiger partial charge in [0.25, 0.3) is 0 Å². The number of thiol groups is 1. The number of ether oxygens (including phenoxy) is 2. The average Bonchev–Trinajstić information content (AvgIpc) is 2.34. The second kappa shape index (κ2) is 12.8. The van der Waals surface area contributed by atoms with E-state index < -0.39 is 0 Å². The fourth-order valence-corrected chi connectivity index (χ4v) is 1.45. The molecule has 0 heterocycles. The molecule has 1 atom stereocenters. The van der Waals surface area contributed by atoms with E-state index in [0.29, 0.717) is 44.0 Å². The third kappa shape index (κ3) is 15.7. The van der Waals surface area contributed by atoms with E-state index in [4.69, 9.17) is 9.47 Å². The van der Waals surface area contributed by atoms with Crippen LogP contribution in [-0.4, -0.2) is 44.1 Å². The van der Waals surface area contributed by atoms with Crippen molar-refractivity contribution in [2.75, 3.05) is 33.0 Å². The lowest BCUT2D eigenvalue weighted by atomic mass is 10.1. The number of amides is 1. The van der Waals surface area contributed by atoms with Crippen LogP contribution in [0.25, 0.3) is 0 Å². The predicted octanol–water partition coefficient (Wildman–Crippen LogP) is 2.28. The molecule has 0 aromatic heterocycles. The number of carbonyl (C=O) groups excluding carboxylic acids is 1. The van der Waals surface area contributed by atoms with Crippen molar-refractivity contribution in [3.63, 3.8) is 0 Å². The molecular weight excluding hydrogens is 262 g/mol. The van der Waals surface area contributed by atoms with Gasteiger partial charge in [-0.1, -0.05) is 20.8 Å². The zero-order valence-electron chi connectivity index (χ0n) is 12.5. The van der Waals surface area contributed by atoms with Crippen molar-refractivity contribution >= 4 is 18.5 Å². The van der Waals surface area contributed by atoms with Crippen molar-refractivity contribution in [3.8, 4) is 0 Å². The van der Waals surface area contributed by atoms with Crippen molar-refractivity contribution in [2.45, 2.75) is 45.3 Å². The van der Waals surface area contributed by atoms with Crippen molar-refractivity contribution < 1.29 is 14.3 Å². The number of hydrogen-bond acceptors (Lipinski definition) is 4.